The van der Waals surface area contributed by atoms with Crippen molar-refractivity contribution in [2.24, 2.45) is 0 Å². The van der Waals surface area contributed by atoms with Gasteiger partial charge in [0.15, 0.2) is 10.8 Å². The Labute approximate surface area is 174 Å². The van der Waals surface area contributed by atoms with Crippen molar-refractivity contribution in [1.82, 2.24) is 4.90 Å². The first-order chi connectivity index (χ1) is 14.2. The van der Waals surface area contributed by atoms with E-state index >= 15 is 0 Å². The molecule has 0 bridgehead atoms. The van der Waals surface area contributed by atoms with E-state index in [9.17, 15) is 9.59 Å². The Kier molecular flexibility index (Phi) is 5.88. The van der Waals surface area contributed by atoms with Crippen molar-refractivity contribution in [2.75, 3.05) is 6.54 Å². The molecular weight excluding hydrogens is 382 g/mol. The van der Waals surface area contributed by atoms with Crippen LogP contribution >= 0.6 is 11.3 Å². The van der Waals surface area contributed by atoms with Crippen LogP contribution in [0.3, 0.4) is 0 Å². The lowest BCUT2D eigenvalue weighted by Crippen LogP contribution is -2.37. The summed E-state index contributed by atoms with van der Waals surface area (Å²) in [6.45, 7) is 3.23. The summed E-state index contributed by atoms with van der Waals surface area (Å²) in [5.74, 6) is -0.116. The molecule has 0 saturated heterocycles. The molecule has 1 aromatic heterocycles. The van der Waals surface area contributed by atoms with Crippen molar-refractivity contribution in [1.29, 1.82) is 0 Å². The second-order valence-electron chi connectivity index (χ2n) is 7.11. The van der Waals surface area contributed by atoms with Crippen molar-refractivity contribution >= 4 is 23.1 Å². The topological polar surface area (TPSA) is 46.6 Å². The summed E-state index contributed by atoms with van der Waals surface area (Å²) in [6, 6.07) is 21.0. The van der Waals surface area contributed by atoms with E-state index in [-0.39, 0.29) is 17.8 Å². The number of fused-ring (bicyclic) bond motifs is 1. The summed E-state index contributed by atoms with van der Waals surface area (Å²) in [5.41, 5.74) is 2.86. The summed E-state index contributed by atoms with van der Waals surface area (Å²) in [7, 11) is 0. The largest absolute Gasteiger partial charge is 0.415 e. The molecule has 1 aliphatic heterocycles. The molecule has 2 heterocycles. The lowest BCUT2D eigenvalue weighted by molar-refractivity contribution is -0.133. The van der Waals surface area contributed by atoms with Crippen LogP contribution in [0.4, 0.5) is 0 Å². The van der Waals surface area contributed by atoms with Crippen LogP contribution < -0.4 is 4.74 Å². The molecule has 0 saturated carbocycles. The van der Waals surface area contributed by atoms with E-state index < -0.39 is 0 Å². The van der Waals surface area contributed by atoms with E-state index in [0.717, 1.165) is 29.7 Å². The van der Waals surface area contributed by atoms with Crippen LogP contribution in [0.1, 0.15) is 45.7 Å². The number of carbonyl (C=O) groups is 2. The van der Waals surface area contributed by atoms with Crippen molar-refractivity contribution in [3.63, 3.8) is 0 Å². The number of hydrogen-bond donors (Lipinski definition) is 0. The second-order valence-corrected chi connectivity index (χ2v) is 8.20. The van der Waals surface area contributed by atoms with E-state index in [1.165, 1.54) is 16.2 Å². The summed E-state index contributed by atoms with van der Waals surface area (Å²) in [4.78, 5) is 28.5. The zero-order valence-electron chi connectivity index (χ0n) is 16.3. The van der Waals surface area contributed by atoms with Crippen molar-refractivity contribution in [2.45, 2.75) is 32.4 Å². The van der Waals surface area contributed by atoms with Crippen LogP contribution in [0.5, 0.6) is 5.06 Å². The van der Waals surface area contributed by atoms with Crippen molar-refractivity contribution < 1.29 is 14.3 Å². The van der Waals surface area contributed by atoms with Gasteiger partial charge in [-0.05, 0) is 23.6 Å². The monoisotopic (exact) mass is 405 g/mol. The van der Waals surface area contributed by atoms with Gasteiger partial charge in [0.1, 0.15) is 0 Å². The first-order valence-corrected chi connectivity index (χ1v) is 10.7. The normalized spacial score (nSPS) is 14.8. The minimum Gasteiger partial charge on any atom is -0.415 e. The molecule has 0 radical (unpaired) electrons. The maximum atomic E-state index is 13.4. The average molecular weight is 406 g/mol. The average Bonchev–Trinajstić information content (AvgIpc) is 3.16. The van der Waals surface area contributed by atoms with Gasteiger partial charge in [0, 0.05) is 30.0 Å². The minimum absolute atomic E-state index is 0.105. The third kappa shape index (κ3) is 4.31. The predicted octanol–water partition coefficient (Wildman–Crippen LogP) is 5.05. The molecule has 4 nitrogen and oxygen atoms in total. The molecule has 0 N–H and O–H groups in total. The fraction of sp³-hybridized carbons (Fsp3) is 0.250. The lowest BCUT2D eigenvalue weighted by atomic mass is 9.94. The Morgan fingerprint density at radius 2 is 1.76 bits per heavy atom. The van der Waals surface area contributed by atoms with Gasteiger partial charge in [-0.2, -0.15) is 0 Å². The number of thiophene rings is 1. The molecule has 0 spiro atoms. The van der Waals surface area contributed by atoms with E-state index in [2.05, 4.69) is 4.90 Å². The van der Waals surface area contributed by atoms with Gasteiger partial charge in [-0.3, -0.25) is 14.5 Å². The van der Waals surface area contributed by atoms with E-state index in [1.54, 1.807) is 6.92 Å². The van der Waals surface area contributed by atoms with Gasteiger partial charge < -0.3 is 4.74 Å². The molecule has 1 atom stereocenters. The number of carbonyl (C=O) groups excluding carboxylic acids is 2. The fourth-order valence-electron chi connectivity index (χ4n) is 3.71. The lowest BCUT2D eigenvalue weighted by Gasteiger charge is -2.34. The van der Waals surface area contributed by atoms with Crippen LogP contribution in [0.25, 0.3) is 0 Å². The van der Waals surface area contributed by atoms with E-state index in [0.29, 0.717) is 18.0 Å². The van der Waals surface area contributed by atoms with Gasteiger partial charge in [-0.1, -0.05) is 67.6 Å². The molecule has 29 heavy (non-hydrogen) atoms. The second kappa shape index (κ2) is 8.72. The number of esters is 1. The molecule has 1 aliphatic rings. The molecule has 0 amide bonds. The summed E-state index contributed by atoms with van der Waals surface area (Å²) >= 11 is 1.54. The number of nitrogens with zero attached hydrogens (tertiary/aromatic N) is 1. The number of rotatable bonds is 6. The molecule has 0 aliphatic carbocycles. The highest BCUT2D eigenvalue weighted by molar-refractivity contribution is 7.14. The molecular formula is C24H23NO3S. The predicted molar refractivity (Wildman–Crippen MR) is 114 cm³/mol. The van der Waals surface area contributed by atoms with Crippen LogP contribution in [-0.4, -0.2) is 23.2 Å². The number of benzene rings is 2. The number of hydrogen-bond acceptors (Lipinski definition) is 5. The fourth-order valence-corrected chi connectivity index (χ4v) is 4.73. The molecule has 0 fully saturated rings. The van der Waals surface area contributed by atoms with Crippen molar-refractivity contribution in [3.05, 3.63) is 88.3 Å². The SMILES string of the molecule is CCC(=O)Oc1cc2c(s1)CCN(C(C(=O)c1ccccc1)c1ccccc1)C2. The highest BCUT2D eigenvalue weighted by atomic mass is 32.1. The van der Waals surface area contributed by atoms with Gasteiger partial charge in [0.25, 0.3) is 0 Å². The van der Waals surface area contributed by atoms with Gasteiger partial charge in [0.05, 0.1) is 6.04 Å². The first-order valence-electron chi connectivity index (χ1n) is 9.86. The molecule has 3 aromatic rings. The third-order valence-electron chi connectivity index (χ3n) is 5.16. The number of ketones is 1. The molecule has 1 unspecified atom stereocenters. The Morgan fingerprint density at radius 3 is 2.45 bits per heavy atom. The molecule has 2 aromatic carbocycles. The van der Waals surface area contributed by atoms with Crippen LogP contribution in [-0.2, 0) is 17.8 Å². The first kappa shape index (κ1) is 19.6. The molecule has 4 rings (SSSR count). The van der Waals surface area contributed by atoms with Gasteiger partial charge in [-0.15, -0.1) is 11.3 Å². The number of ether oxygens (including phenoxy) is 1. The zero-order chi connectivity index (χ0) is 20.2. The van der Waals surface area contributed by atoms with Gasteiger partial charge in [-0.25, -0.2) is 0 Å². The molecule has 5 heteroatoms. The maximum absolute atomic E-state index is 13.4. The van der Waals surface area contributed by atoms with E-state index in [1.807, 2.05) is 66.7 Å². The Bertz CT molecular complexity index is 997. The number of Topliss-reactive ketones (excluding diaryl/α,β-unsaturated/α-hetero) is 1. The Hall–Kier alpha value is -2.76. The van der Waals surface area contributed by atoms with Gasteiger partial charge in [0.2, 0.25) is 0 Å². The van der Waals surface area contributed by atoms with Crippen LogP contribution in [0.2, 0.25) is 0 Å². The smallest absolute Gasteiger partial charge is 0.311 e. The van der Waals surface area contributed by atoms with Crippen LogP contribution in [0, 0.1) is 0 Å². The summed E-state index contributed by atoms with van der Waals surface area (Å²) < 4.78 is 5.41. The van der Waals surface area contributed by atoms with Gasteiger partial charge >= 0.3 is 5.97 Å². The highest BCUT2D eigenvalue weighted by Crippen LogP contribution is 2.37. The quantitative estimate of drug-likeness (QED) is 0.425. The third-order valence-corrected chi connectivity index (χ3v) is 6.28. The highest BCUT2D eigenvalue weighted by Gasteiger charge is 2.32. The zero-order valence-corrected chi connectivity index (χ0v) is 17.2. The van der Waals surface area contributed by atoms with E-state index in [4.69, 9.17) is 4.74 Å². The Balaban J connectivity index is 1.63. The summed E-state index contributed by atoms with van der Waals surface area (Å²) in [6.07, 6.45) is 1.20. The molecule has 148 valence electrons. The standard InChI is InChI=1S/C24H23NO3S/c1-2-21(26)28-22-15-19-16-25(14-13-20(19)29-22)23(17-9-5-3-6-10-17)24(27)18-11-7-4-8-12-18/h3-12,15,23H,2,13-14,16H2,1H3. The Morgan fingerprint density at radius 1 is 1.07 bits per heavy atom. The van der Waals surface area contributed by atoms with Crippen LogP contribution in [0.15, 0.2) is 66.7 Å². The summed E-state index contributed by atoms with van der Waals surface area (Å²) in [5, 5.41) is 0.648. The maximum Gasteiger partial charge on any atom is 0.311 e. The van der Waals surface area contributed by atoms with Crippen molar-refractivity contribution in [3.8, 4) is 5.06 Å². The minimum atomic E-state index is -0.340.